The van der Waals surface area contributed by atoms with E-state index in [2.05, 4.69) is 69.4 Å². The highest BCUT2D eigenvalue weighted by atomic mass is 31.2. The second-order valence-electron chi connectivity index (χ2n) is 18.4. The summed E-state index contributed by atoms with van der Waals surface area (Å²) in [6, 6.07) is 0. The summed E-state index contributed by atoms with van der Waals surface area (Å²) in [6.07, 6.45) is 52.2. The summed E-state index contributed by atoms with van der Waals surface area (Å²) in [7, 11) is -4.75. The molecule has 396 valence electrons. The van der Waals surface area contributed by atoms with E-state index in [9.17, 15) is 28.9 Å². The minimum atomic E-state index is -4.75. The average Bonchev–Trinajstić information content (AvgIpc) is 3.32. The van der Waals surface area contributed by atoms with Crippen LogP contribution in [0.4, 0.5) is 0 Å². The Morgan fingerprint density at radius 2 is 0.765 bits per heavy atom. The molecular weight excluding hydrogens is 880 g/mol. The lowest BCUT2D eigenvalue weighted by atomic mass is 10.0. The summed E-state index contributed by atoms with van der Waals surface area (Å²) < 4.78 is 39.4. The number of hydrogen-bond acceptors (Lipinski definition) is 10. The third-order valence-electron chi connectivity index (χ3n) is 11.7. The van der Waals surface area contributed by atoms with Gasteiger partial charge in [-0.15, -0.1) is 0 Å². The highest BCUT2D eigenvalue weighted by Gasteiger charge is 2.28. The lowest BCUT2D eigenvalue weighted by Gasteiger charge is -2.21. The molecule has 11 nitrogen and oxygen atoms in total. The zero-order chi connectivity index (χ0) is 49.9. The highest BCUT2D eigenvalue weighted by molar-refractivity contribution is 7.47. The first kappa shape index (κ1) is 65.4. The van der Waals surface area contributed by atoms with Crippen molar-refractivity contribution in [2.75, 3.05) is 26.4 Å². The van der Waals surface area contributed by atoms with Gasteiger partial charge in [0.1, 0.15) is 12.7 Å². The Bertz CT molecular complexity index is 1330. The van der Waals surface area contributed by atoms with E-state index in [1.165, 1.54) is 96.3 Å². The molecule has 0 aliphatic heterocycles. The van der Waals surface area contributed by atoms with Crippen molar-refractivity contribution in [1.82, 2.24) is 0 Å². The standard InChI is InChI=1S/C56H101O11P/c1-4-7-10-13-16-19-22-25-26-29-30-33-36-39-42-45-54(58)63-49-53(67-56(60)47-44-41-38-35-32-28-24-21-18-15-12-9-6-3)51-65-68(61,62)64-50-52(48-57)66-55(59)46-43-40-37-34-31-27-23-20-17-14-11-8-5-2/h9,12,18,20-21,23,28,32,52-53,57H,4-8,10-11,13-17,19,22,24-27,29-31,33-51H2,1-3H3,(H,61,62)/b12-9-,21-18-,23-20-,32-28-. The number of carbonyl (C=O) groups excluding carboxylic acids is 3. The molecule has 0 spiro atoms. The van der Waals surface area contributed by atoms with Gasteiger partial charge in [0, 0.05) is 19.3 Å². The molecular formula is C56H101O11P. The Balaban J connectivity index is 4.74. The second kappa shape index (κ2) is 50.8. The van der Waals surface area contributed by atoms with E-state index in [1.54, 1.807) is 0 Å². The first-order chi connectivity index (χ1) is 33.2. The lowest BCUT2D eigenvalue weighted by molar-refractivity contribution is -0.161. The molecule has 0 aromatic rings. The van der Waals surface area contributed by atoms with Crippen LogP contribution in [-0.4, -0.2) is 66.5 Å². The second-order valence-corrected chi connectivity index (χ2v) is 19.8. The fourth-order valence-electron chi connectivity index (χ4n) is 7.54. The van der Waals surface area contributed by atoms with E-state index >= 15 is 0 Å². The van der Waals surface area contributed by atoms with Gasteiger partial charge in [0.05, 0.1) is 19.8 Å². The Hall–Kier alpha value is -2.56. The van der Waals surface area contributed by atoms with Crippen molar-refractivity contribution in [1.29, 1.82) is 0 Å². The monoisotopic (exact) mass is 981 g/mol. The quantitative estimate of drug-likeness (QED) is 0.0197. The molecule has 12 heteroatoms. The number of unbranched alkanes of at least 4 members (excludes halogenated alkanes) is 26. The van der Waals surface area contributed by atoms with Gasteiger partial charge in [-0.1, -0.05) is 204 Å². The topological polar surface area (TPSA) is 155 Å². The Labute approximate surface area is 415 Å². The molecule has 0 saturated carbocycles. The predicted molar refractivity (Wildman–Crippen MR) is 279 cm³/mol. The van der Waals surface area contributed by atoms with Gasteiger partial charge in [0.15, 0.2) is 6.10 Å². The van der Waals surface area contributed by atoms with Crippen molar-refractivity contribution >= 4 is 25.7 Å². The summed E-state index contributed by atoms with van der Waals surface area (Å²) in [5.41, 5.74) is 0. The van der Waals surface area contributed by atoms with Crippen molar-refractivity contribution in [3.63, 3.8) is 0 Å². The first-order valence-corrected chi connectivity index (χ1v) is 29.0. The smallest absolute Gasteiger partial charge is 0.462 e. The van der Waals surface area contributed by atoms with Crippen LogP contribution in [0.25, 0.3) is 0 Å². The molecule has 0 aromatic carbocycles. The maximum Gasteiger partial charge on any atom is 0.472 e. The summed E-state index contributed by atoms with van der Waals surface area (Å²) >= 11 is 0. The number of aliphatic hydroxyl groups excluding tert-OH is 1. The zero-order valence-electron chi connectivity index (χ0n) is 43.6. The molecule has 2 N–H and O–H groups in total. The first-order valence-electron chi connectivity index (χ1n) is 27.5. The van der Waals surface area contributed by atoms with Crippen LogP contribution >= 0.6 is 7.82 Å². The molecule has 0 fully saturated rings. The zero-order valence-corrected chi connectivity index (χ0v) is 44.5. The molecule has 0 amide bonds. The number of phosphoric ester groups is 1. The van der Waals surface area contributed by atoms with Gasteiger partial charge in [0.2, 0.25) is 0 Å². The number of aliphatic hydroxyl groups is 1. The molecule has 3 atom stereocenters. The van der Waals surface area contributed by atoms with Gasteiger partial charge < -0.3 is 24.2 Å². The number of phosphoric acid groups is 1. The predicted octanol–water partition coefficient (Wildman–Crippen LogP) is 15.8. The fraction of sp³-hybridized carbons (Fsp3) is 0.804. The lowest BCUT2D eigenvalue weighted by Crippen LogP contribution is -2.30. The summed E-state index contributed by atoms with van der Waals surface area (Å²) in [5, 5.41) is 9.78. The van der Waals surface area contributed by atoms with E-state index in [0.29, 0.717) is 19.3 Å². The van der Waals surface area contributed by atoms with E-state index in [4.69, 9.17) is 23.3 Å². The van der Waals surface area contributed by atoms with Gasteiger partial charge in [-0.25, -0.2) is 4.57 Å². The van der Waals surface area contributed by atoms with Gasteiger partial charge >= 0.3 is 25.7 Å². The molecule has 0 radical (unpaired) electrons. The third-order valence-corrected chi connectivity index (χ3v) is 12.7. The van der Waals surface area contributed by atoms with Crippen LogP contribution in [0.1, 0.15) is 252 Å². The maximum atomic E-state index is 12.9. The van der Waals surface area contributed by atoms with Gasteiger partial charge in [0.25, 0.3) is 0 Å². The van der Waals surface area contributed by atoms with Gasteiger partial charge in [-0.2, -0.15) is 0 Å². The molecule has 0 saturated heterocycles. The highest BCUT2D eigenvalue weighted by Crippen LogP contribution is 2.43. The molecule has 0 heterocycles. The minimum absolute atomic E-state index is 0.134. The van der Waals surface area contributed by atoms with Crippen molar-refractivity contribution in [2.24, 2.45) is 0 Å². The molecule has 0 bridgehead atoms. The number of esters is 3. The number of ether oxygens (including phenoxy) is 3. The largest absolute Gasteiger partial charge is 0.472 e. The van der Waals surface area contributed by atoms with Crippen LogP contribution in [0.5, 0.6) is 0 Å². The van der Waals surface area contributed by atoms with Crippen LogP contribution in [0.2, 0.25) is 0 Å². The number of hydrogen-bond donors (Lipinski definition) is 2. The molecule has 68 heavy (non-hydrogen) atoms. The van der Waals surface area contributed by atoms with Gasteiger partial charge in [-0.05, 0) is 77.0 Å². The molecule has 0 aliphatic rings. The Morgan fingerprint density at radius 3 is 1.22 bits per heavy atom. The fourth-order valence-corrected chi connectivity index (χ4v) is 8.33. The third kappa shape index (κ3) is 48.5. The van der Waals surface area contributed by atoms with E-state index < -0.39 is 57.8 Å². The summed E-state index contributed by atoms with van der Waals surface area (Å²) in [4.78, 5) is 48.4. The SMILES string of the molecule is CC/C=C\C/C=C\C/C=C\CCCCCC(=O)OC(COC(=O)CCCCCCCCCCCCCCCCC)COP(=O)(O)OCC(CO)OC(=O)CCCCCCC/C=C\CCCCCC. The van der Waals surface area contributed by atoms with Crippen LogP contribution < -0.4 is 0 Å². The van der Waals surface area contributed by atoms with Crippen LogP contribution in [-0.2, 0) is 42.2 Å². The number of rotatable bonds is 51. The van der Waals surface area contributed by atoms with Crippen LogP contribution in [0.3, 0.4) is 0 Å². The van der Waals surface area contributed by atoms with Crippen molar-refractivity contribution in [3.05, 3.63) is 48.6 Å². The van der Waals surface area contributed by atoms with E-state index in [-0.39, 0.29) is 25.9 Å². The Morgan fingerprint density at radius 1 is 0.426 bits per heavy atom. The summed E-state index contributed by atoms with van der Waals surface area (Å²) in [5.74, 6) is -1.50. The maximum absolute atomic E-state index is 12.9. The Kier molecular flexibility index (Phi) is 48.9. The van der Waals surface area contributed by atoms with E-state index in [0.717, 1.165) is 96.3 Å². The van der Waals surface area contributed by atoms with Crippen molar-refractivity contribution in [3.8, 4) is 0 Å². The van der Waals surface area contributed by atoms with Crippen molar-refractivity contribution < 1.29 is 52.2 Å². The minimum Gasteiger partial charge on any atom is -0.462 e. The van der Waals surface area contributed by atoms with Crippen LogP contribution in [0.15, 0.2) is 48.6 Å². The molecule has 0 aromatic heterocycles. The average molecular weight is 981 g/mol. The number of carbonyl (C=O) groups is 3. The van der Waals surface area contributed by atoms with Crippen molar-refractivity contribution in [2.45, 2.75) is 264 Å². The number of allylic oxidation sites excluding steroid dienone is 8. The van der Waals surface area contributed by atoms with Gasteiger partial charge in [-0.3, -0.25) is 23.4 Å². The normalized spacial score (nSPS) is 13.8. The molecule has 3 unspecified atom stereocenters. The van der Waals surface area contributed by atoms with E-state index in [1.807, 2.05) is 0 Å². The summed E-state index contributed by atoms with van der Waals surface area (Å²) in [6.45, 7) is 4.49. The molecule has 0 aliphatic carbocycles. The van der Waals surface area contributed by atoms with Crippen LogP contribution in [0, 0.1) is 0 Å². The molecule has 0 rings (SSSR count).